The second-order valence-electron chi connectivity index (χ2n) is 4.65. The van der Waals surface area contributed by atoms with E-state index < -0.39 is 0 Å². The molecule has 3 nitrogen and oxygen atoms in total. The van der Waals surface area contributed by atoms with Gasteiger partial charge in [0.1, 0.15) is 5.82 Å². The summed E-state index contributed by atoms with van der Waals surface area (Å²) in [6.45, 7) is 0. The number of thioether (sulfide) groups is 1. The first-order valence-electron chi connectivity index (χ1n) is 5.98. The Hall–Kier alpha value is -1.39. The van der Waals surface area contributed by atoms with Crippen molar-refractivity contribution in [1.29, 1.82) is 0 Å². The number of nitrogens with zero attached hydrogens (tertiary/aromatic N) is 2. The van der Waals surface area contributed by atoms with Gasteiger partial charge in [-0.3, -0.25) is 0 Å². The summed E-state index contributed by atoms with van der Waals surface area (Å²) >= 11 is 1.74. The number of hydrogen-bond donors (Lipinski definition) is 1. The molecular weight excluding hydrogens is 242 g/mol. The van der Waals surface area contributed by atoms with Gasteiger partial charge < -0.3 is 5.73 Å². The zero-order valence-electron chi connectivity index (χ0n) is 10.3. The largest absolute Gasteiger partial charge is 0.319 e. The van der Waals surface area contributed by atoms with E-state index in [4.69, 9.17) is 5.73 Å². The van der Waals surface area contributed by atoms with Crippen LogP contribution in [0.2, 0.25) is 0 Å². The minimum atomic E-state index is -0.269. The van der Waals surface area contributed by atoms with Gasteiger partial charge in [-0.2, -0.15) is 0 Å². The van der Waals surface area contributed by atoms with Crippen molar-refractivity contribution in [2.45, 2.75) is 23.3 Å². The van der Waals surface area contributed by atoms with Crippen LogP contribution in [0.4, 0.5) is 0 Å². The molecule has 1 aromatic heterocycles. The summed E-state index contributed by atoms with van der Waals surface area (Å²) in [5, 5.41) is 0. The molecule has 1 heterocycles. The lowest BCUT2D eigenvalue weighted by atomic mass is 10.1. The summed E-state index contributed by atoms with van der Waals surface area (Å²) in [6, 6.07) is 10.3. The molecule has 0 amide bonds. The highest BCUT2D eigenvalue weighted by Crippen LogP contribution is 2.40. The highest BCUT2D eigenvalue weighted by Gasteiger charge is 2.43. The molecule has 0 radical (unpaired) electrons. The molecule has 0 atom stereocenters. The van der Waals surface area contributed by atoms with Crippen molar-refractivity contribution in [3.8, 4) is 11.3 Å². The van der Waals surface area contributed by atoms with Gasteiger partial charge in [0.25, 0.3) is 0 Å². The van der Waals surface area contributed by atoms with E-state index in [1.54, 1.807) is 18.0 Å². The van der Waals surface area contributed by atoms with Crippen LogP contribution in [0, 0.1) is 0 Å². The molecule has 0 unspecified atom stereocenters. The van der Waals surface area contributed by atoms with Gasteiger partial charge in [-0.15, -0.1) is 11.8 Å². The Morgan fingerprint density at radius 1 is 1.17 bits per heavy atom. The zero-order valence-corrected chi connectivity index (χ0v) is 11.1. The number of nitrogens with two attached hydrogens (primary N) is 1. The maximum absolute atomic E-state index is 6.13. The van der Waals surface area contributed by atoms with Gasteiger partial charge in [0.05, 0.1) is 11.2 Å². The fourth-order valence-electron chi connectivity index (χ4n) is 1.88. The van der Waals surface area contributed by atoms with Crippen molar-refractivity contribution in [2.24, 2.45) is 5.73 Å². The third kappa shape index (κ3) is 2.13. The number of benzene rings is 1. The van der Waals surface area contributed by atoms with E-state index in [0.717, 1.165) is 29.9 Å². The zero-order chi connectivity index (χ0) is 12.6. The fourth-order valence-corrected chi connectivity index (χ4v) is 2.29. The van der Waals surface area contributed by atoms with Crippen molar-refractivity contribution >= 4 is 11.8 Å². The van der Waals surface area contributed by atoms with Crippen molar-refractivity contribution in [3.05, 3.63) is 42.4 Å². The Labute approximate surface area is 111 Å². The molecule has 1 aliphatic carbocycles. The van der Waals surface area contributed by atoms with Gasteiger partial charge in [0.2, 0.25) is 0 Å². The lowest BCUT2D eigenvalue weighted by molar-refractivity contribution is 0.673. The summed E-state index contributed by atoms with van der Waals surface area (Å²) in [4.78, 5) is 10.1. The SMILES string of the molecule is CSc1ccc(-c2ccnc(C3(N)CC3)n2)cc1. The summed E-state index contributed by atoms with van der Waals surface area (Å²) in [5.41, 5.74) is 7.92. The molecule has 1 aliphatic rings. The summed E-state index contributed by atoms with van der Waals surface area (Å²) in [6.07, 6.45) is 5.85. The molecule has 2 N–H and O–H groups in total. The van der Waals surface area contributed by atoms with Gasteiger partial charge in [0, 0.05) is 16.7 Å². The van der Waals surface area contributed by atoms with Crippen LogP contribution in [0.1, 0.15) is 18.7 Å². The van der Waals surface area contributed by atoms with Gasteiger partial charge in [0.15, 0.2) is 0 Å². The molecule has 3 rings (SSSR count). The summed E-state index contributed by atoms with van der Waals surface area (Å²) < 4.78 is 0. The number of rotatable bonds is 3. The second-order valence-corrected chi connectivity index (χ2v) is 5.53. The van der Waals surface area contributed by atoms with E-state index in [1.807, 2.05) is 6.07 Å². The topological polar surface area (TPSA) is 51.8 Å². The van der Waals surface area contributed by atoms with Crippen LogP contribution >= 0.6 is 11.8 Å². The third-order valence-corrected chi connectivity index (χ3v) is 4.02. The number of aromatic nitrogens is 2. The number of hydrogen-bond acceptors (Lipinski definition) is 4. The highest BCUT2D eigenvalue weighted by atomic mass is 32.2. The minimum Gasteiger partial charge on any atom is -0.319 e. The van der Waals surface area contributed by atoms with Crippen LogP contribution < -0.4 is 5.73 Å². The Morgan fingerprint density at radius 2 is 1.89 bits per heavy atom. The summed E-state index contributed by atoms with van der Waals surface area (Å²) in [5.74, 6) is 0.772. The van der Waals surface area contributed by atoms with Gasteiger partial charge >= 0.3 is 0 Å². The van der Waals surface area contributed by atoms with Gasteiger partial charge in [-0.05, 0) is 37.3 Å². The van der Waals surface area contributed by atoms with Gasteiger partial charge in [-0.1, -0.05) is 12.1 Å². The van der Waals surface area contributed by atoms with E-state index in [2.05, 4.69) is 40.5 Å². The molecule has 4 heteroatoms. The normalized spacial score (nSPS) is 16.6. The molecule has 2 aromatic rings. The Morgan fingerprint density at radius 3 is 2.50 bits per heavy atom. The van der Waals surface area contributed by atoms with Crippen LogP contribution in [0.5, 0.6) is 0 Å². The molecule has 0 bridgehead atoms. The maximum atomic E-state index is 6.13. The first-order valence-corrected chi connectivity index (χ1v) is 7.21. The van der Waals surface area contributed by atoms with E-state index in [9.17, 15) is 0 Å². The van der Waals surface area contributed by atoms with Crippen molar-refractivity contribution in [2.75, 3.05) is 6.26 Å². The quantitative estimate of drug-likeness (QED) is 0.859. The molecular formula is C14H15N3S. The molecule has 1 aromatic carbocycles. The summed E-state index contributed by atoms with van der Waals surface area (Å²) in [7, 11) is 0. The monoisotopic (exact) mass is 257 g/mol. The lowest BCUT2D eigenvalue weighted by Crippen LogP contribution is -2.22. The van der Waals surface area contributed by atoms with Crippen molar-refractivity contribution in [1.82, 2.24) is 9.97 Å². The average molecular weight is 257 g/mol. The van der Waals surface area contributed by atoms with Crippen molar-refractivity contribution in [3.63, 3.8) is 0 Å². The molecule has 92 valence electrons. The van der Waals surface area contributed by atoms with E-state index in [1.165, 1.54) is 4.90 Å². The van der Waals surface area contributed by atoms with Crippen molar-refractivity contribution < 1.29 is 0 Å². The Kier molecular flexibility index (Phi) is 2.84. The van der Waals surface area contributed by atoms with Crippen LogP contribution in [0.25, 0.3) is 11.3 Å². The fraction of sp³-hybridized carbons (Fsp3) is 0.286. The van der Waals surface area contributed by atoms with Crippen LogP contribution in [-0.4, -0.2) is 16.2 Å². The minimum absolute atomic E-state index is 0.269. The predicted molar refractivity (Wildman–Crippen MR) is 74.3 cm³/mol. The maximum Gasteiger partial charge on any atom is 0.148 e. The standard InChI is InChI=1S/C14H15N3S/c1-18-11-4-2-10(3-5-11)12-6-9-16-13(17-12)14(15)7-8-14/h2-6,9H,7-8,15H2,1H3. The molecule has 0 aliphatic heterocycles. The van der Waals surface area contributed by atoms with Crippen LogP contribution in [0.3, 0.4) is 0 Å². The Bertz CT molecular complexity index is 562. The third-order valence-electron chi connectivity index (χ3n) is 3.28. The molecule has 1 fully saturated rings. The first-order chi connectivity index (χ1) is 8.71. The first kappa shape index (κ1) is 11.7. The molecule has 18 heavy (non-hydrogen) atoms. The van der Waals surface area contributed by atoms with E-state index in [0.29, 0.717) is 0 Å². The Balaban J connectivity index is 1.95. The average Bonchev–Trinajstić information content (AvgIpc) is 3.18. The van der Waals surface area contributed by atoms with E-state index >= 15 is 0 Å². The highest BCUT2D eigenvalue weighted by molar-refractivity contribution is 7.98. The van der Waals surface area contributed by atoms with Gasteiger partial charge in [-0.25, -0.2) is 9.97 Å². The predicted octanol–water partition coefficient (Wildman–Crippen LogP) is 2.81. The lowest BCUT2D eigenvalue weighted by Gasteiger charge is -2.08. The molecule has 0 saturated heterocycles. The van der Waals surface area contributed by atoms with Crippen LogP contribution in [0.15, 0.2) is 41.4 Å². The molecule has 0 spiro atoms. The van der Waals surface area contributed by atoms with E-state index in [-0.39, 0.29) is 5.54 Å². The smallest absolute Gasteiger partial charge is 0.148 e. The second kappa shape index (κ2) is 4.37. The molecule has 1 saturated carbocycles. The van der Waals surface area contributed by atoms with Crippen LogP contribution in [-0.2, 0) is 5.54 Å².